The van der Waals surface area contributed by atoms with Crippen molar-refractivity contribution >= 4 is 28.7 Å². The molecule has 0 radical (unpaired) electrons. The number of hydrogen-bond acceptors (Lipinski definition) is 6. The number of halogens is 3. The first-order valence-corrected chi connectivity index (χ1v) is 12.5. The van der Waals surface area contributed by atoms with Crippen LogP contribution in [0.25, 0.3) is 16.7 Å². The zero-order valence-corrected chi connectivity index (χ0v) is 20.0. The number of amides is 1. The fourth-order valence-electron chi connectivity index (χ4n) is 3.69. The molecule has 2 heterocycles. The van der Waals surface area contributed by atoms with E-state index in [1.165, 1.54) is 40.6 Å². The summed E-state index contributed by atoms with van der Waals surface area (Å²) in [5.41, 5.74) is 2.13. The number of rotatable bonds is 11. The van der Waals surface area contributed by atoms with Crippen LogP contribution >= 0.6 is 11.8 Å². The maximum absolute atomic E-state index is 13.4. The standard InChI is InChI=1S/C24H24F3N5O3S/c25-24(26,27)14-35-17-8-6-16(7-9-17)32-22(34)21-20(18(13-30-21)15-4-5-15)31-23(32)36-12-1-3-19(33)29-11-2-10-28/h6-9,13,15,30H,1-5,11-12,14H2,(H,29,33). The third-order valence-corrected chi connectivity index (χ3v) is 6.58. The van der Waals surface area contributed by atoms with Gasteiger partial charge < -0.3 is 15.0 Å². The molecule has 0 unspecified atom stereocenters. The number of aromatic amines is 1. The molecule has 1 fully saturated rings. The summed E-state index contributed by atoms with van der Waals surface area (Å²) < 4.78 is 43.6. The molecule has 0 spiro atoms. The van der Waals surface area contributed by atoms with Gasteiger partial charge in [-0.25, -0.2) is 4.98 Å². The van der Waals surface area contributed by atoms with Gasteiger partial charge in [-0.2, -0.15) is 18.4 Å². The number of carbonyl (C=O) groups is 1. The van der Waals surface area contributed by atoms with Crippen LogP contribution in [0.4, 0.5) is 13.2 Å². The van der Waals surface area contributed by atoms with Crippen molar-refractivity contribution in [2.24, 2.45) is 0 Å². The summed E-state index contributed by atoms with van der Waals surface area (Å²) in [6.07, 6.45) is 0.498. The number of nitriles is 1. The van der Waals surface area contributed by atoms with Gasteiger partial charge in [0.15, 0.2) is 11.8 Å². The van der Waals surface area contributed by atoms with Gasteiger partial charge in [-0.05, 0) is 55.0 Å². The van der Waals surface area contributed by atoms with Crippen molar-refractivity contribution in [2.75, 3.05) is 18.9 Å². The summed E-state index contributed by atoms with van der Waals surface area (Å²) in [6, 6.07) is 7.74. The van der Waals surface area contributed by atoms with Crippen molar-refractivity contribution in [2.45, 2.75) is 49.4 Å². The lowest BCUT2D eigenvalue weighted by Crippen LogP contribution is -2.24. The van der Waals surface area contributed by atoms with E-state index in [-0.39, 0.29) is 30.1 Å². The number of carbonyl (C=O) groups excluding carboxylic acids is 1. The molecular formula is C24H24F3N5O3S. The molecule has 12 heteroatoms. The molecule has 1 amide bonds. The van der Waals surface area contributed by atoms with Crippen molar-refractivity contribution in [3.05, 3.63) is 46.4 Å². The van der Waals surface area contributed by atoms with Gasteiger partial charge in [-0.3, -0.25) is 14.2 Å². The van der Waals surface area contributed by atoms with Crippen LogP contribution in [0, 0.1) is 11.3 Å². The highest BCUT2D eigenvalue weighted by Crippen LogP contribution is 2.42. The van der Waals surface area contributed by atoms with Crippen LogP contribution < -0.4 is 15.6 Å². The molecule has 8 nitrogen and oxygen atoms in total. The number of H-pyrrole nitrogens is 1. The van der Waals surface area contributed by atoms with E-state index in [0.717, 1.165) is 18.4 Å². The van der Waals surface area contributed by atoms with Crippen molar-refractivity contribution in [1.82, 2.24) is 19.9 Å². The molecular weight excluding hydrogens is 495 g/mol. The molecule has 4 rings (SSSR count). The van der Waals surface area contributed by atoms with Crippen LogP contribution in [0.15, 0.2) is 40.4 Å². The van der Waals surface area contributed by atoms with Gasteiger partial charge in [0.1, 0.15) is 16.8 Å². The third kappa shape index (κ3) is 6.40. The highest BCUT2D eigenvalue weighted by atomic mass is 32.2. The minimum atomic E-state index is -4.45. The summed E-state index contributed by atoms with van der Waals surface area (Å²) in [6.45, 7) is -1.10. The summed E-state index contributed by atoms with van der Waals surface area (Å²) in [4.78, 5) is 33.2. The zero-order chi connectivity index (χ0) is 25.7. The predicted octanol–water partition coefficient (Wildman–Crippen LogP) is 4.43. The van der Waals surface area contributed by atoms with Crippen molar-refractivity contribution in [1.29, 1.82) is 5.26 Å². The molecule has 2 aromatic heterocycles. The number of alkyl halides is 3. The smallest absolute Gasteiger partial charge is 0.422 e. The first-order valence-electron chi connectivity index (χ1n) is 11.5. The number of aromatic nitrogens is 3. The monoisotopic (exact) mass is 519 g/mol. The fourth-order valence-corrected chi connectivity index (χ4v) is 4.63. The number of ether oxygens (including phenoxy) is 1. The van der Waals surface area contributed by atoms with E-state index in [4.69, 9.17) is 15.0 Å². The second kappa shape index (κ2) is 11.1. The van der Waals surface area contributed by atoms with Gasteiger partial charge in [0.25, 0.3) is 5.56 Å². The van der Waals surface area contributed by atoms with Crippen LogP contribution in [0.1, 0.15) is 43.6 Å². The van der Waals surface area contributed by atoms with Gasteiger partial charge in [0.2, 0.25) is 5.91 Å². The lowest BCUT2D eigenvalue weighted by molar-refractivity contribution is -0.153. The Morgan fingerprint density at radius 2 is 2.06 bits per heavy atom. The SMILES string of the molecule is N#CCCNC(=O)CCCSc1nc2c(C3CC3)c[nH]c2c(=O)n1-c1ccc(OCC(F)(F)F)cc1. The van der Waals surface area contributed by atoms with E-state index in [0.29, 0.717) is 46.5 Å². The van der Waals surface area contributed by atoms with E-state index in [2.05, 4.69) is 10.3 Å². The van der Waals surface area contributed by atoms with Crippen molar-refractivity contribution < 1.29 is 22.7 Å². The van der Waals surface area contributed by atoms with Crippen LogP contribution in [0.3, 0.4) is 0 Å². The predicted molar refractivity (Wildman–Crippen MR) is 128 cm³/mol. The van der Waals surface area contributed by atoms with Gasteiger partial charge in [-0.15, -0.1) is 0 Å². The second-order valence-corrected chi connectivity index (χ2v) is 9.45. The van der Waals surface area contributed by atoms with E-state index in [9.17, 15) is 22.8 Å². The Labute approximate surface area is 208 Å². The summed E-state index contributed by atoms with van der Waals surface area (Å²) in [5, 5.41) is 11.7. The van der Waals surface area contributed by atoms with Crippen molar-refractivity contribution in [3.8, 4) is 17.5 Å². The second-order valence-electron chi connectivity index (χ2n) is 8.38. The molecule has 1 aromatic carbocycles. The molecule has 3 aromatic rings. The Morgan fingerprint density at radius 1 is 1.31 bits per heavy atom. The molecule has 2 N–H and O–H groups in total. The molecule has 0 bridgehead atoms. The maximum Gasteiger partial charge on any atom is 0.422 e. The van der Waals surface area contributed by atoms with E-state index in [1.807, 2.05) is 12.3 Å². The Hall–Kier alpha value is -3.46. The number of nitrogens with one attached hydrogen (secondary N) is 2. The minimum absolute atomic E-state index is 0.0330. The number of thioether (sulfide) groups is 1. The molecule has 0 aliphatic heterocycles. The molecule has 36 heavy (non-hydrogen) atoms. The zero-order valence-electron chi connectivity index (χ0n) is 19.2. The molecule has 1 saturated carbocycles. The van der Waals surface area contributed by atoms with Crippen LogP contribution in [0.2, 0.25) is 0 Å². The molecule has 0 atom stereocenters. The molecule has 1 aliphatic rings. The number of benzene rings is 1. The minimum Gasteiger partial charge on any atom is -0.484 e. The van der Waals surface area contributed by atoms with Crippen LogP contribution in [0.5, 0.6) is 5.75 Å². The maximum atomic E-state index is 13.4. The van der Waals surface area contributed by atoms with E-state index >= 15 is 0 Å². The molecule has 190 valence electrons. The Morgan fingerprint density at radius 3 is 2.72 bits per heavy atom. The summed E-state index contributed by atoms with van der Waals surface area (Å²) >= 11 is 1.33. The first-order chi connectivity index (χ1) is 17.3. The average molecular weight is 520 g/mol. The van der Waals surface area contributed by atoms with Crippen LogP contribution in [-0.2, 0) is 4.79 Å². The van der Waals surface area contributed by atoms with Gasteiger partial charge in [0, 0.05) is 24.9 Å². The molecule has 1 aliphatic carbocycles. The lowest BCUT2D eigenvalue weighted by atomic mass is 10.2. The summed E-state index contributed by atoms with van der Waals surface area (Å²) in [7, 11) is 0. The van der Waals surface area contributed by atoms with Gasteiger partial charge in [-0.1, -0.05) is 11.8 Å². The Balaban J connectivity index is 1.56. The quantitative estimate of drug-likeness (QED) is 0.220. The Bertz CT molecular complexity index is 1320. The van der Waals surface area contributed by atoms with E-state index < -0.39 is 12.8 Å². The van der Waals surface area contributed by atoms with Gasteiger partial charge >= 0.3 is 6.18 Å². The Kier molecular flexibility index (Phi) is 7.88. The number of nitrogens with zero attached hydrogens (tertiary/aromatic N) is 3. The normalized spacial score (nSPS) is 13.5. The highest BCUT2D eigenvalue weighted by Gasteiger charge is 2.29. The first kappa shape index (κ1) is 25.6. The highest BCUT2D eigenvalue weighted by molar-refractivity contribution is 7.99. The lowest BCUT2D eigenvalue weighted by Gasteiger charge is -2.14. The van der Waals surface area contributed by atoms with Crippen molar-refractivity contribution in [3.63, 3.8) is 0 Å². The number of hydrogen-bond donors (Lipinski definition) is 2. The largest absolute Gasteiger partial charge is 0.484 e. The van der Waals surface area contributed by atoms with E-state index in [1.54, 1.807) is 0 Å². The summed E-state index contributed by atoms with van der Waals surface area (Å²) in [5.74, 6) is 0.773. The average Bonchev–Trinajstić information content (AvgIpc) is 3.60. The van der Waals surface area contributed by atoms with Gasteiger partial charge in [0.05, 0.1) is 18.2 Å². The van der Waals surface area contributed by atoms with Crippen LogP contribution in [-0.4, -0.2) is 45.5 Å². The number of fused-ring (bicyclic) bond motifs is 1. The molecule has 0 saturated heterocycles. The fraction of sp³-hybridized carbons (Fsp3) is 0.417. The third-order valence-electron chi connectivity index (χ3n) is 5.55. The topological polar surface area (TPSA) is 113 Å².